The number of ether oxygens (including phenoxy) is 2. The second-order valence-corrected chi connectivity index (χ2v) is 4.45. The number of rotatable bonds is 3. The molecule has 1 fully saturated rings. The van der Waals surface area contributed by atoms with Gasteiger partial charge in [-0.15, -0.1) is 0 Å². The first-order chi connectivity index (χ1) is 9.19. The van der Waals surface area contributed by atoms with Crippen molar-refractivity contribution >= 4 is 5.97 Å². The van der Waals surface area contributed by atoms with E-state index in [2.05, 4.69) is 11.8 Å². The van der Waals surface area contributed by atoms with Gasteiger partial charge in [0.1, 0.15) is 0 Å². The minimum atomic E-state index is -1.14. The molecule has 4 heteroatoms. The van der Waals surface area contributed by atoms with Crippen molar-refractivity contribution in [3.05, 3.63) is 23.8 Å². The molecule has 0 amide bonds. The number of carbonyl (C=O) groups is 1. The maximum absolute atomic E-state index is 10.4. The van der Waals surface area contributed by atoms with Crippen molar-refractivity contribution < 1.29 is 19.4 Å². The highest BCUT2D eigenvalue weighted by molar-refractivity contribution is 5.87. The Morgan fingerprint density at radius 2 is 2.05 bits per heavy atom. The Morgan fingerprint density at radius 3 is 2.68 bits per heavy atom. The molecule has 100 valence electrons. The molecule has 0 unspecified atom stereocenters. The van der Waals surface area contributed by atoms with Crippen LogP contribution < -0.4 is 9.47 Å². The van der Waals surface area contributed by atoms with E-state index in [-0.39, 0.29) is 6.10 Å². The molecule has 1 aliphatic carbocycles. The highest BCUT2D eigenvalue weighted by atomic mass is 16.5. The zero-order valence-electron chi connectivity index (χ0n) is 10.8. The van der Waals surface area contributed by atoms with Crippen LogP contribution in [0.25, 0.3) is 0 Å². The predicted octanol–water partition coefficient (Wildman–Crippen LogP) is 2.45. The number of methoxy groups -OCH3 is 1. The van der Waals surface area contributed by atoms with Gasteiger partial charge in [-0.05, 0) is 43.9 Å². The van der Waals surface area contributed by atoms with Gasteiger partial charge in [0.15, 0.2) is 11.5 Å². The number of carboxylic acids is 1. The van der Waals surface area contributed by atoms with Gasteiger partial charge in [0.2, 0.25) is 0 Å². The van der Waals surface area contributed by atoms with E-state index < -0.39 is 5.97 Å². The maximum atomic E-state index is 10.4. The third kappa shape index (κ3) is 3.65. The molecule has 19 heavy (non-hydrogen) atoms. The van der Waals surface area contributed by atoms with Gasteiger partial charge in [-0.1, -0.05) is 5.92 Å². The van der Waals surface area contributed by atoms with Crippen molar-refractivity contribution in [1.29, 1.82) is 0 Å². The van der Waals surface area contributed by atoms with Gasteiger partial charge in [-0.25, -0.2) is 4.79 Å². The Kier molecular flexibility index (Phi) is 4.30. The van der Waals surface area contributed by atoms with Crippen LogP contribution in [0.5, 0.6) is 11.5 Å². The van der Waals surface area contributed by atoms with Gasteiger partial charge >= 0.3 is 5.97 Å². The quantitative estimate of drug-likeness (QED) is 0.848. The molecule has 0 spiro atoms. The Hall–Kier alpha value is -2.15. The van der Waals surface area contributed by atoms with Crippen LogP contribution >= 0.6 is 0 Å². The molecule has 0 aromatic heterocycles. The molecule has 0 heterocycles. The van der Waals surface area contributed by atoms with Crippen LogP contribution in [-0.2, 0) is 4.79 Å². The van der Waals surface area contributed by atoms with Crippen molar-refractivity contribution in [2.24, 2.45) is 0 Å². The minimum absolute atomic E-state index is 0.219. The lowest BCUT2D eigenvalue weighted by Gasteiger charge is -2.16. The van der Waals surface area contributed by atoms with Crippen molar-refractivity contribution in [2.45, 2.75) is 31.8 Å². The third-order valence-electron chi connectivity index (χ3n) is 3.07. The number of hydrogen-bond donors (Lipinski definition) is 1. The van der Waals surface area contributed by atoms with E-state index >= 15 is 0 Å². The predicted molar refractivity (Wildman–Crippen MR) is 70.4 cm³/mol. The zero-order valence-corrected chi connectivity index (χ0v) is 10.8. The van der Waals surface area contributed by atoms with Crippen molar-refractivity contribution in [1.82, 2.24) is 0 Å². The summed E-state index contributed by atoms with van der Waals surface area (Å²) >= 11 is 0. The summed E-state index contributed by atoms with van der Waals surface area (Å²) in [5.74, 6) is 4.80. The molecule has 0 radical (unpaired) electrons. The van der Waals surface area contributed by atoms with Gasteiger partial charge in [0.25, 0.3) is 0 Å². The molecule has 4 nitrogen and oxygen atoms in total. The molecule has 1 N–H and O–H groups in total. The Bertz CT molecular complexity index is 519. The van der Waals surface area contributed by atoms with Crippen LogP contribution in [0.15, 0.2) is 18.2 Å². The lowest BCUT2D eigenvalue weighted by Crippen LogP contribution is -2.11. The van der Waals surface area contributed by atoms with Gasteiger partial charge < -0.3 is 14.6 Å². The molecular formula is C15H16O4. The number of aliphatic carboxylic acids is 1. The molecule has 0 aliphatic heterocycles. The first-order valence-corrected chi connectivity index (χ1v) is 6.28. The van der Waals surface area contributed by atoms with Crippen molar-refractivity contribution in [3.63, 3.8) is 0 Å². The summed E-state index contributed by atoms with van der Waals surface area (Å²) in [4.78, 5) is 10.4. The normalized spacial score (nSPS) is 14.6. The van der Waals surface area contributed by atoms with Gasteiger partial charge in [0.05, 0.1) is 13.2 Å². The summed E-state index contributed by atoms with van der Waals surface area (Å²) < 4.78 is 11.2. The fraction of sp³-hybridized carbons (Fsp3) is 0.400. The average molecular weight is 260 g/mol. The van der Waals surface area contributed by atoms with E-state index in [1.54, 1.807) is 25.3 Å². The van der Waals surface area contributed by atoms with Crippen LogP contribution in [0.2, 0.25) is 0 Å². The first kappa shape index (κ1) is 13.3. The summed E-state index contributed by atoms with van der Waals surface area (Å²) in [7, 11) is 1.58. The average Bonchev–Trinajstić information content (AvgIpc) is 2.89. The molecule has 0 saturated heterocycles. The van der Waals surface area contributed by atoms with E-state index in [0.717, 1.165) is 12.8 Å². The molecule has 1 aliphatic rings. The highest BCUT2D eigenvalue weighted by Gasteiger charge is 2.18. The number of carboxylic acid groups (broad SMARTS) is 1. The fourth-order valence-corrected chi connectivity index (χ4v) is 2.16. The molecular weight excluding hydrogens is 244 g/mol. The van der Waals surface area contributed by atoms with E-state index in [1.807, 2.05) is 0 Å². The standard InChI is InChI=1S/C15H16O4/c1-18-13-8-6-11(7-9-15(16)17)10-14(13)19-12-4-2-3-5-12/h6,8,10,12H,2-5H2,1H3,(H,16,17). The topological polar surface area (TPSA) is 55.8 Å². The molecule has 1 saturated carbocycles. The number of hydrogen-bond acceptors (Lipinski definition) is 3. The maximum Gasteiger partial charge on any atom is 0.382 e. The second-order valence-electron chi connectivity index (χ2n) is 4.45. The monoisotopic (exact) mass is 260 g/mol. The molecule has 2 rings (SSSR count). The summed E-state index contributed by atoms with van der Waals surface area (Å²) in [6.45, 7) is 0. The summed E-state index contributed by atoms with van der Waals surface area (Å²) in [5.41, 5.74) is 0.608. The summed E-state index contributed by atoms with van der Waals surface area (Å²) in [5, 5.41) is 8.55. The third-order valence-corrected chi connectivity index (χ3v) is 3.07. The second kappa shape index (κ2) is 6.14. The molecule has 1 aromatic carbocycles. The van der Waals surface area contributed by atoms with Gasteiger partial charge in [-0.3, -0.25) is 0 Å². The number of benzene rings is 1. The smallest absolute Gasteiger partial charge is 0.382 e. The Balaban J connectivity index is 2.21. The first-order valence-electron chi connectivity index (χ1n) is 6.28. The lowest BCUT2D eigenvalue weighted by atomic mass is 10.2. The fourth-order valence-electron chi connectivity index (χ4n) is 2.16. The van der Waals surface area contributed by atoms with Crippen LogP contribution in [-0.4, -0.2) is 24.3 Å². The lowest BCUT2D eigenvalue weighted by molar-refractivity contribution is -0.130. The Morgan fingerprint density at radius 1 is 1.32 bits per heavy atom. The van der Waals surface area contributed by atoms with Crippen LogP contribution in [0, 0.1) is 11.8 Å². The highest BCUT2D eigenvalue weighted by Crippen LogP contribution is 2.32. The van der Waals surface area contributed by atoms with Crippen LogP contribution in [0.1, 0.15) is 31.2 Å². The van der Waals surface area contributed by atoms with E-state index in [1.165, 1.54) is 12.8 Å². The van der Waals surface area contributed by atoms with Crippen molar-refractivity contribution in [3.8, 4) is 23.3 Å². The van der Waals surface area contributed by atoms with Gasteiger partial charge in [0, 0.05) is 11.5 Å². The van der Waals surface area contributed by atoms with E-state index in [4.69, 9.17) is 14.6 Å². The summed E-state index contributed by atoms with van der Waals surface area (Å²) in [6, 6.07) is 5.19. The molecule has 0 bridgehead atoms. The summed E-state index contributed by atoms with van der Waals surface area (Å²) in [6.07, 6.45) is 4.69. The van der Waals surface area contributed by atoms with Gasteiger partial charge in [-0.2, -0.15) is 0 Å². The van der Waals surface area contributed by atoms with E-state index in [0.29, 0.717) is 17.1 Å². The van der Waals surface area contributed by atoms with Crippen LogP contribution in [0.3, 0.4) is 0 Å². The minimum Gasteiger partial charge on any atom is -0.493 e. The van der Waals surface area contributed by atoms with Crippen molar-refractivity contribution in [2.75, 3.05) is 7.11 Å². The molecule has 0 atom stereocenters. The Labute approximate surface area is 112 Å². The largest absolute Gasteiger partial charge is 0.493 e. The van der Waals surface area contributed by atoms with Crippen LogP contribution in [0.4, 0.5) is 0 Å². The molecule has 1 aromatic rings. The SMILES string of the molecule is COc1ccc(C#CC(=O)O)cc1OC1CCCC1. The van der Waals surface area contributed by atoms with E-state index in [9.17, 15) is 4.79 Å². The zero-order chi connectivity index (χ0) is 13.7.